The van der Waals surface area contributed by atoms with Crippen molar-refractivity contribution in [2.75, 3.05) is 6.61 Å². The number of nitrogens with zero attached hydrogens (tertiary/aromatic N) is 3. The van der Waals surface area contributed by atoms with Crippen LogP contribution in [0, 0.1) is 5.82 Å². The number of hydrogen-bond acceptors (Lipinski definition) is 4. The first-order valence-corrected chi connectivity index (χ1v) is 7.66. The average Bonchev–Trinajstić information content (AvgIpc) is 3.05. The molecule has 0 radical (unpaired) electrons. The molecule has 0 bridgehead atoms. The van der Waals surface area contributed by atoms with E-state index in [0.717, 1.165) is 5.69 Å². The van der Waals surface area contributed by atoms with E-state index in [9.17, 15) is 9.50 Å². The van der Waals surface area contributed by atoms with Crippen LogP contribution in [-0.4, -0.2) is 32.4 Å². The molecule has 3 rings (SSSR count). The van der Waals surface area contributed by atoms with Gasteiger partial charge in [-0.3, -0.25) is 4.98 Å². The van der Waals surface area contributed by atoms with Crippen molar-refractivity contribution in [3.63, 3.8) is 0 Å². The zero-order valence-corrected chi connectivity index (χ0v) is 13.0. The molecule has 124 valence electrons. The molecule has 1 aromatic carbocycles. The highest BCUT2D eigenvalue weighted by molar-refractivity contribution is 5.49. The Morgan fingerprint density at radius 3 is 2.71 bits per heavy atom. The van der Waals surface area contributed by atoms with Gasteiger partial charge in [0.2, 0.25) is 0 Å². The third-order valence-electron chi connectivity index (χ3n) is 3.54. The molecular weight excluding hydrogens is 309 g/mol. The van der Waals surface area contributed by atoms with Crippen molar-refractivity contribution >= 4 is 0 Å². The monoisotopic (exact) mass is 327 g/mol. The Balaban J connectivity index is 1.55. The van der Waals surface area contributed by atoms with Crippen LogP contribution in [0.5, 0.6) is 0 Å². The summed E-state index contributed by atoms with van der Waals surface area (Å²) in [5, 5.41) is 10.2. The number of imidazole rings is 1. The van der Waals surface area contributed by atoms with E-state index < -0.39 is 6.10 Å². The van der Waals surface area contributed by atoms with Gasteiger partial charge in [0, 0.05) is 24.2 Å². The van der Waals surface area contributed by atoms with E-state index in [0.29, 0.717) is 17.9 Å². The number of aliphatic hydroxyl groups is 1. The van der Waals surface area contributed by atoms with Crippen molar-refractivity contribution in [2.24, 2.45) is 0 Å². The van der Waals surface area contributed by atoms with Crippen LogP contribution < -0.4 is 0 Å². The van der Waals surface area contributed by atoms with E-state index in [1.54, 1.807) is 36.8 Å². The van der Waals surface area contributed by atoms with Gasteiger partial charge >= 0.3 is 0 Å². The highest BCUT2D eigenvalue weighted by Gasteiger charge is 2.12. The second kappa shape index (κ2) is 7.81. The molecule has 0 unspecified atom stereocenters. The fraction of sp³-hybridized carbons (Fsp3) is 0.222. The number of halogens is 1. The second-order valence-electron chi connectivity index (χ2n) is 5.38. The quantitative estimate of drug-likeness (QED) is 0.725. The topological polar surface area (TPSA) is 60.2 Å². The molecule has 0 aliphatic rings. The van der Waals surface area contributed by atoms with Gasteiger partial charge in [0.15, 0.2) is 5.82 Å². The number of benzene rings is 1. The fourth-order valence-corrected chi connectivity index (χ4v) is 2.38. The summed E-state index contributed by atoms with van der Waals surface area (Å²) in [6, 6.07) is 12.0. The van der Waals surface area contributed by atoms with Gasteiger partial charge in [0.05, 0.1) is 25.9 Å². The van der Waals surface area contributed by atoms with Crippen LogP contribution in [0.15, 0.2) is 61.1 Å². The molecule has 1 atom stereocenters. The van der Waals surface area contributed by atoms with Gasteiger partial charge in [-0.15, -0.1) is 0 Å². The van der Waals surface area contributed by atoms with E-state index in [1.807, 2.05) is 22.8 Å². The summed E-state index contributed by atoms with van der Waals surface area (Å²) >= 11 is 0. The molecule has 0 spiro atoms. The lowest BCUT2D eigenvalue weighted by atomic mass is 10.2. The minimum atomic E-state index is -0.728. The summed E-state index contributed by atoms with van der Waals surface area (Å²) in [5.74, 6) is 0.378. The van der Waals surface area contributed by atoms with Gasteiger partial charge in [0.1, 0.15) is 11.5 Å². The highest BCUT2D eigenvalue weighted by atomic mass is 19.1. The Bertz CT molecular complexity index is 777. The average molecular weight is 327 g/mol. The molecule has 24 heavy (non-hydrogen) atoms. The van der Waals surface area contributed by atoms with E-state index in [4.69, 9.17) is 4.74 Å². The molecule has 0 fully saturated rings. The van der Waals surface area contributed by atoms with Crippen LogP contribution >= 0.6 is 0 Å². The number of pyridine rings is 1. The molecular formula is C18H18FN3O2. The number of rotatable bonds is 7. The van der Waals surface area contributed by atoms with Gasteiger partial charge in [-0.05, 0) is 18.2 Å². The standard InChI is InChI=1S/C18H18FN3O2/c19-16-6-2-1-5-14(16)12-24-13-15(23)11-22-10-9-21-18(22)17-7-3-4-8-20-17/h1-10,15,23H,11-13H2/t15-/m1/s1. The van der Waals surface area contributed by atoms with Gasteiger partial charge < -0.3 is 14.4 Å². The van der Waals surface area contributed by atoms with Crippen LogP contribution in [-0.2, 0) is 17.9 Å². The normalized spacial score (nSPS) is 12.2. The third-order valence-corrected chi connectivity index (χ3v) is 3.54. The zero-order valence-electron chi connectivity index (χ0n) is 13.0. The fourth-order valence-electron chi connectivity index (χ4n) is 2.38. The first-order chi connectivity index (χ1) is 11.7. The Labute approximate surface area is 139 Å². The molecule has 0 amide bonds. The van der Waals surface area contributed by atoms with Gasteiger partial charge in [-0.2, -0.15) is 0 Å². The molecule has 0 aliphatic heterocycles. The lowest BCUT2D eigenvalue weighted by molar-refractivity contribution is 0.0196. The Hall–Kier alpha value is -2.57. The number of hydrogen-bond donors (Lipinski definition) is 1. The SMILES string of the molecule is O[C@@H](COCc1ccccc1F)Cn1ccnc1-c1ccccn1. The molecule has 0 saturated carbocycles. The first kappa shape index (κ1) is 16.3. The number of ether oxygens (including phenoxy) is 1. The van der Waals surface area contributed by atoms with Crippen LogP contribution in [0.3, 0.4) is 0 Å². The van der Waals surface area contributed by atoms with Crippen molar-refractivity contribution in [1.82, 2.24) is 14.5 Å². The Morgan fingerprint density at radius 1 is 1.08 bits per heavy atom. The minimum Gasteiger partial charge on any atom is -0.389 e. The van der Waals surface area contributed by atoms with E-state index in [1.165, 1.54) is 6.07 Å². The van der Waals surface area contributed by atoms with Gasteiger partial charge in [-0.25, -0.2) is 9.37 Å². The minimum absolute atomic E-state index is 0.105. The maximum absolute atomic E-state index is 13.5. The smallest absolute Gasteiger partial charge is 0.158 e. The third kappa shape index (κ3) is 4.04. The van der Waals surface area contributed by atoms with Crippen molar-refractivity contribution < 1.29 is 14.2 Å². The highest BCUT2D eigenvalue weighted by Crippen LogP contribution is 2.14. The van der Waals surface area contributed by atoms with Crippen LogP contribution in [0.2, 0.25) is 0 Å². The maximum Gasteiger partial charge on any atom is 0.158 e. The molecule has 0 saturated heterocycles. The number of aliphatic hydroxyl groups excluding tert-OH is 1. The summed E-state index contributed by atoms with van der Waals surface area (Å²) < 4.78 is 20.7. The Kier molecular flexibility index (Phi) is 5.30. The molecule has 5 nitrogen and oxygen atoms in total. The lowest BCUT2D eigenvalue weighted by Gasteiger charge is -2.14. The molecule has 1 N–H and O–H groups in total. The molecule has 3 aromatic rings. The summed E-state index contributed by atoms with van der Waals surface area (Å²) in [7, 11) is 0. The molecule has 6 heteroatoms. The van der Waals surface area contributed by atoms with Crippen molar-refractivity contribution in [3.05, 3.63) is 72.4 Å². The van der Waals surface area contributed by atoms with Gasteiger partial charge in [-0.1, -0.05) is 24.3 Å². The van der Waals surface area contributed by atoms with E-state index in [2.05, 4.69) is 9.97 Å². The lowest BCUT2D eigenvalue weighted by Crippen LogP contribution is -2.22. The predicted molar refractivity (Wildman–Crippen MR) is 87.5 cm³/mol. The van der Waals surface area contributed by atoms with Crippen LogP contribution in [0.4, 0.5) is 4.39 Å². The molecule has 2 aromatic heterocycles. The molecule has 2 heterocycles. The summed E-state index contributed by atoms with van der Waals surface area (Å²) in [6.07, 6.45) is 4.41. The van der Waals surface area contributed by atoms with Crippen molar-refractivity contribution in [3.8, 4) is 11.5 Å². The largest absolute Gasteiger partial charge is 0.389 e. The van der Waals surface area contributed by atoms with Crippen LogP contribution in [0.1, 0.15) is 5.56 Å². The van der Waals surface area contributed by atoms with Gasteiger partial charge in [0.25, 0.3) is 0 Å². The predicted octanol–water partition coefficient (Wildman–Crippen LogP) is 2.66. The molecule has 0 aliphatic carbocycles. The van der Waals surface area contributed by atoms with E-state index >= 15 is 0 Å². The second-order valence-corrected chi connectivity index (χ2v) is 5.38. The van der Waals surface area contributed by atoms with E-state index in [-0.39, 0.29) is 19.0 Å². The van der Waals surface area contributed by atoms with Crippen molar-refractivity contribution in [2.45, 2.75) is 19.3 Å². The maximum atomic E-state index is 13.5. The Morgan fingerprint density at radius 2 is 1.92 bits per heavy atom. The number of aromatic nitrogens is 3. The summed E-state index contributed by atoms with van der Waals surface area (Å²) in [6.45, 7) is 0.554. The van der Waals surface area contributed by atoms with Crippen molar-refractivity contribution in [1.29, 1.82) is 0 Å². The summed E-state index contributed by atoms with van der Waals surface area (Å²) in [4.78, 5) is 8.54. The zero-order chi connectivity index (χ0) is 16.8. The first-order valence-electron chi connectivity index (χ1n) is 7.66. The van der Waals surface area contributed by atoms with Crippen LogP contribution in [0.25, 0.3) is 11.5 Å². The summed E-state index contributed by atoms with van der Waals surface area (Å²) in [5.41, 5.74) is 1.21.